The number of rotatable bonds is 6. The van der Waals surface area contributed by atoms with Crippen molar-refractivity contribution in [1.82, 2.24) is 0 Å². The van der Waals surface area contributed by atoms with Crippen LogP contribution in [0.4, 0.5) is 0 Å². The largest absolute Gasteiger partial charge is 0.392 e. The Morgan fingerprint density at radius 2 is 1.76 bits per heavy atom. The molecule has 0 aliphatic heterocycles. The second-order valence-corrected chi connectivity index (χ2v) is 4.91. The molecule has 0 saturated heterocycles. The molecule has 0 aliphatic carbocycles. The van der Waals surface area contributed by atoms with Gasteiger partial charge in [0.05, 0.1) is 6.10 Å². The number of hydrogen-bond donors (Lipinski definition) is 1. The van der Waals surface area contributed by atoms with Gasteiger partial charge in [-0.2, -0.15) is 0 Å². The van der Waals surface area contributed by atoms with Crippen LogP contribution < -0.4 is 0 Å². The average Bonchev–Trinajstić information content (AvgIpc) is 2.32. The predicted octanol–water partition coefficient (Wildman–Crippen LogP) is 4.07. The molecule has 0 bridgehead atoms. The molecule has 17 heavy (non-hydrogen) atoms. The van der Waals surface area contributed by atoms with Gasteiger partial charge in [0.2, 0.25) is 0 Å². The highest BCUT2D eigenvalue weighted by Crippen LogP contribution is 2.37. The van der Waals surface area contributed by atoms with Gasteiger partial charge in [0.25, 0.3) is 0 Å². The molecule has 1 rings (SSSR count). The van der Waals surface area contributed by atoms with Crippen molar-refractivity contribution in [1.29, 1.82) is 0 Å². The lowest BCUT2D eigenvalue weighted by atomic mass is 9.70. The third kappa shape index (κ3) is 2.98. The topological polar surface area (TPSA) is 20.2 Å². The van der Waals surface area contributed by atoms with Crippen LogP contribution in [-0.2, 0) is 5.41 Å². The van der Waals surface area contributed by atoms with E-state index in [1.807, 2.05) is 25.1 Å². The minimum absolute atomic E-state index is 0.139. The highest BCUT2D eigenvalue weighted by atomic mass is 16.3. The third-order valence-electron chi connectivity index (χ3n) is 3.79. The number of aliphatic hydroxyl groups is 1. The Bertz CT molecular complexity index is 349. The monoisotopic (exact) mass is 232 g/mol. The van der Waals surface area contributed by atoms with Crippen LogP contribution in [0, 0.1) is 0 Å². The second-order valence-electron chi connectivity index (χ2n) is 4.91. The number of aliphatic hydroxyl groups excluding tert-OH is 1. The molecule has 0 heterocycles. The fourth-order valence-electron chi connectivity index (χ4n) is 2.62. The van der Waals surface area contributed by atoms with Crippen LogP contribution in [-0.4, -0.2) is 11.2 Å². The molecule has 1 aromatic carbocycles. The lowest BCUT2D eigenvalue weighted by Crippen LogP contribution is -2.38. The molecule has 1 nitrogen and oxygen atoms in total. The van der Waals surface area contributed by atoms with Crippen molar-refractivity contribution in [2.24, 2.45) is 0 Å². The van der Waals surface area contributed by atoms with Crippen LogP contribution >= 0.6 is 0 Å². The maximum absolute atomic E-state index is 10.5. The Morgan fingerprint density at radius 3 is 2.18 bits per heavy atom. The highest BCUT2D eigenvalue weighted by Gasteiger charge is 2.35. The molecule has 1 atom stereocenters. The second kappa shape index (κ2) is 6.02. The number of benzene rings is 1. The molecule has 0 saturated carbocycles. The van der Waals surface area contributed by atoms with Crippen LogP contribution in [0.3, 0.4) is 0 Å². The van der Waals surface area contributed by atoms with Crippen molar-refractivity contribution < 1.29 is 5.11 Å². The molecule has 0 fully saturated rings. The molecule has 0 aromatic heterocycles. The van der Waals surface area contributed by atoms with Gasteiger partial charge in [-0.1, -0.05) is 49.8 Å². The van der Waals surface area contributed by atoms with E-state index in [1.165, 1.54) is 5.56 Å². The molecular weight excluding hydrogens is 208 g/mol. The zero-order valence-corrected chi connectivity index (χ0v) is 11.2. The van der Waals surface area contributed by atoms with Gasteiger partial charge in [-0.05, 0) is 31.7 Å². The summed E-state index contributed by atoms with van der Waals surface area (Å²) >= 11 is 0. The van der Waals surface area contributed by atoms with Crippen molar-refractivity contribution in [2.45, 2.75) is 51.6 Å². The lowest BCUT2D eigenvalue weighted by Gasteiger charge is -2.37. The molecule has 1 aromatic rings. The van der Waals surface area contributed by atoms with Gasteiger partial charge < -0.3 is 5.11 Å². The summed E-state index contributed by atoms with van der Waals surface area (Å²) in [6, 6.07) is 10.3. The summed E-state index contributed by atoms with van der Waals surface area (Å²) in [6.07, 6.45) is 2.22. The quantitative estimate of drug-likeness (QED) is 0.733. The van der Waals surface area contributed by atoms with E-state index in [4.69, 9.17) is 0 Å². The van der Waals surface area contributed by atoms with E-state index in [1.54, 1.807) is 0 Å². The molecular formula is C16H24O. The first-order valence-electron chi connectivity index (χ1n) is 6.44. The highest BCUT2D eigenvalue weighted by molar-refractivity contribution is 5.27. The standard InChI is InChI=1S/C16H24O/c1-5-16(6-2,15(17)12-13(3)4)14-10-8-7-9-11-14/h7-11,15,17H,3,5-6,12H2,1-2,4H3. The smallest absolute Gasteiger partial charge is 0.0673 e. The summed E-state index contributed by atoms with van der Waals surface area (Å²) in [5.41, 5.74) is 2.14. The van der Waals surface area contributed by atoms with Crippen LogP contribution in [0.2, 0.25) is 0 Å². The van der Waals surface area contributed by atoms with Gasteiger partial charge in [0.15, 0.2) is 0 Å². The summed E-state index contributed by atoms with van der Waals surface area (Å²) < 4.78 is 0. The Labute approximate surface area is 105 Å². The molecule has 0 spiro atoms. The summed E-state index contributed by atoms with van der Waals surface area (Å²) in [7, 11) is 0. The van der Waals surface area contributed by atoms with E-state index < -0.39 is 0 Å². The molecule has 1 N–H and O–H groups in total. The van der Waals surface area contributed by atoms with E-state index in [2.05, 4.69) is 32.6 Å². The first-order valence-corrected chi connectivity index (χ1v) is 6.44. The average molecular weight is 232 g/mol. The van der Waals surface area contributed by atoms with E-state index in [0.29, 0.717) is 6.42 Å². The van der Waals surface area contributed by atoms with Gasteiger partial charge in [0.1, 0.15) is 0 Å². The van der Waals surface area contributed by atoms with Crippen molar-refractivity contribution in [3.8, 4) is 0 Å². The van der Waals surface area contributed by atoms with Crippen molar-refractivity contribution in [3.05, 3.63) is 48.0 Å². The third-order valence-corrected chi connectivity index (χ3v) is 3.79. The van der Waals surface area contributed by atoms with E-state index in [0.717, 1.165) is 18.4 Å². The van der Waals surface area contributed by atoms with Crippen LogP contribution in [0.5, 0.6) is 0 Å². The molecule has 0 radical (unpaired) electrons. The summed E-state index contributed by atoms with van der Waals surface area (Å²) in [5.74, 6) is 0. The zero-order chi connectivity index (χ0) is 12.9. The Morgan fingerprint density at radius 1 is 1.24 bits per heavy atom. The first-order chi connectivity index (χ1) is 8.06. The van der Waals surface area contributed by atoms with Gasteiger partial charge in [-0.15, -0.1) is 6.58 Å². The SMILES string of the molecule is C=C(C)CC(O)C(CC)(CC)c1ccccc1. The maximum atomic E-state index is 10.5. The Balaban J connectivity index is 3.08. The fraction of sp³-hybridized carbons (Fsp3) is 0.500. The van der Waals surface area contributed by atoms with Gasteiger partial charge in [-0.3, -0.25) is 0 Å². The number of hydrogen-bond acceptors (Lipinski definition) is 1. The van der Waals surface area contributed by atoms with Gasteiger partial charge >= 0.3 is 0 Å². The van der Waals surface area contributed by atoms with Crippen molar-refractivity contribution >= 4 is 0 Å². The minimum atomic E-state index is -0.350. The summed E-state index contributed by atoms with van der Waals surface area (Å²) in [5, 5.41) is 10.5. The van der Waals surface area contributed by atoms with Crippen molar-refractivity contribution in [2.75, 3.05) is 0 Å². The Hall–Kier alpha value is -1.08. The van der Waals surface area contributed by atoms with Gasteiger partial charge in [0, 0.05) is 5.41 Å². The van der Waals surface area contributed by atoms with Crippen LogP contribution in [0.25, 0.3) is 0 Å². The Kier molecular flexibility index (Phi) is 4.95. The molecule has 1 unspecified atom stereocenters. The predicted molar refractivity (Wildman–Crippen MR) is 74.1 cm³/mol. The summed E-state index contributed by atoms with van der Waals surface area (Å²) in [6.45, 7) is 10.2. The zero-order valence-electron chi connectivity index (χ0n) is 11.2. The van der Waals surface area contributed by atoms with E-state index in [9.17, 15) is 5.11 Å². The van der Waals surface area contributed by atoms with Crippen LogP contribution in [0.1, 0.15) is 45.6 Å². The van der Waals surface area contributed by atoms with E-state index in [-0.39, 0.29) is 11.5 Å². The lowest BCUT2D eigenvalue weighted by molar-refractivity contribution is 0.0735. The maximum Gasteiger partial charge on any atom is 0.0673 e. The molecule has 0 amide bonds. The summed E-state index contributed by atoms with van der Waals surface area (Å²) in [4.78, 5) is 0. The fourth-order valence-corrected chi connectivity index (χ4v) is 2.62. The molecule has 1 heteroatoms. The van der Waals surface area contributed by atoms with E-state index >= 15 is 0 Å². The van der Waals surface area contributed by atoms with Gasteiger partial charge in [-0.25, -0.2) is 0 Å². The van der Waals surface area contributed by atoms with Crippen LogP contribution in [0.15, 0.2) is 42.5 Å². The molecule has 0 aliphatic rings. The normalized spacial score (nSPS) is 13.4. The van der Waals surface area contributed by atoms with Crippen molar-refractivity contribution in [3.63, 3.8) is 0 Å². The minimum Gasteiger partial charge on any atom is -0.392 e. The molecule has 94 valence electrons. The first kappa shape index (κ1) is 14.0.